The van der Waals surface area contributed by atoms with Gasteiger partial charge in [0.25, 0.3) is 0 Å². The smallest absolute Gasteiger partial charge is 0.240 e. The van der Waals surface area contributed by atoms with E-state index in [9.17, 15) is 4.79 Å². The van der Waals surface area contributed by atoms with Gasteiger partial charge in [0, 0.05) is 0 Å². The zero-order chi connectivity index (χ0) is 12.3. The molecule has 1 aromatic heterocycles. The van der Waals surface area contributed by atoms with Crippen LogP contribution < -0.4 is 10.6 Å². The predicted octanol–water partition coefficient (Wildman–Crippen LogP) is 0.526. The van der Waals surface area contributed by atoms with E-state index in [1.54, 1.807) is 6.92 Å². The Morgan fingerprint density at radius 2 is 2.35 bits per heavy atom. The molecule has 0 aromatic carbocycles. The summed E-state index contributed by atoms with van der Waals surface area (Å²) in [6.45, 7) is 5.01. The molecule has 1 fully saturated rings. The van der Waals surface area contributed by atoms with Crippen LogP contribution in [0.25, 0.3) is 0 Å². The van der Waals surface area contributed by atoms with E-state index in [4.69, 9.17) is 0 Å². The third kappa shape index (κ3) is 2.63. The van der Waals surface area contributed by atoms with Gasteiger partial charge in [0.2, 0.25) is 5.91 Å². The van der Waals surface area contributed by atoms with Crippen LogP contribution in [-0.2, 0) is 11.3 Å². The number of aromatic nitrogens is 2. The Bertz CT molecular complexity index is 396. The fourth-order valence-corrected chi connectivity index (χ4v) is 2.02. The van der Waals surface area contributed by atoms with E-state index in [1.807, 2.05) is 6.92 Å². The lowest BCUT2D eigenvalue weighted by atomic mass is 9.90. The van der Waals surface area contributed by atoms with Crippen molar-refractivity contribution in [1.82, 2.24) is 20.9 Å². The standard InChI is InChI=1S/C11H18N4O2/c1-8-9(15-17-14-8)7-12-10(16)11(2)5-3-4-6-13-11/h13H,3-7H2,1-2H3,(H,12,16)/t11-/m0/s1. The Balaban J connectivity index is 1.91. The fourth-order valence-electron chi connectivity index (χ4n) is 2.02. The highest BCUT2D eigenvalue weighted by Crippen LogP contribution is 2.18. The maximum atomic E-state index is 12.1. The van der Waals surface area contributed by atoms with Gasteiger partial charge in [-0.25, -0.2) is 4.63 Å². The zero-order valence-electron chi connectivity index (χ0n) is 10.2. The van der Waals surface area contributed by atoms with Crippen LogP contribution in [0.2, 0.25) is 0 Å². The molecule has 6 nitrogen and oxygen atoms in total. The molecular weight excluding hydrogens is 220 g/mol. The van der Waals surface area contributed by atoms with Gasteiger partial charge in [-0.3, -0.25) is 4.79 Å². The minimum atomic E-state index is -0.455. The van der Waals surface area contributed by atoms with Crippen molar-refractivity contribution in [2.75, 3.05) is 6.54 Å². The number of aryl methyl sites for hydroxylation is 1. The summed E-state index contributed by atoms with van der Waals surface area (Å²) in [6, 6.07) is 0. The number of piperidine rings is 1. The molecule has 2 heterocycles. The molecule has 1 amide bonds. The van der Waals surface area contributed by atoms with E-state index < -0.39 is 5.54 Å². The van der Waals surface area contributed by atoms with Crippen LogP contribution in [0.4, 0.5) is 0 Å². The predicted molar refractivity (Wildman–Crippen MR) is 61.1 cm³/mol. The lowest BCUT2D eigenvalue weighted by molar-refractivity contribution is -0.128. The van der Waals surface area contributed by atoms with Crippen molar-refractivity contribution in [2.24, 2.45) is 0 Å². The summed E-state index contributed by atoms with van der Waals surface area (Å²) < 4.78 is 4.58. The van der Waals surface area contributed by atoms with Crippen molar-refractivity contribution in [3.63, 3.8) is 0 Å². The summed E-state index contributed by atoms with van der Waals surface area (Å²) in [6.07, 6.45) is 3.09. The second-order valence-electron chi connectivity index (χ2n) is 4.69. The van der Waals surface area contributed by atoms with Crippen molar-refractivity contribution in [3.8, 4) is 0 Å². The highest BCUT2D eigenvalue weighted by molar-refractivity contribution is 5.85. The number of carbonyl (C=O) groups is 1. The molecule has 0 aliphatic carbocycles. The van der Waals surface area contributed by atoms with Gasteiger partial charge < -0.3 is 10.6 Å². The highest BCUT2D eigenvalue weighted by Gasteiger charge is 2.34. The number of rotatable bonds is 3. The van der Waals surface area contributed by atoms with Gasteiger partial charge in [-0.15, -0.1) is 0 Å². The van der Waals surface area contributed by atoms with Crippen molar-refractivity contribution in [2.45, 2.75) is 45.2 Å². The van der Waals surface area contributed by atoms with Crippen LogP contribution in [0, 0.1) is 6.92 Å². The SMILES string of the molecule is Cc1nonc1CNC(=O)[C@]1(C)CCCCN1. The molecule has 1 atom stereocenters. The molecule has 0 saturated carbocycles. The first kappa shape index (κ1) is 12.0. The third-order valence-corrected chi connectivity index (χ3v) is 3.28. The summed E-state index contributed by atoms with van der Waals surface area (Å²) in [7, 11) is 0. The van der Waals surface area contributed by atoms with Crippen molar-refractivity contribution >= 4 is 5.91 Å². The van der Waals surface area contributed by atoms with Crippen LogP contribution in [0.15, 0.2) is 4.63 Å². The van der Waals surface area contributed by atoms with Crippen LogP contribution in [0.5, 0.6) is 0 Å². The Morgan fingerprint density at radius 3 is 2.94 bits per heavy atom. The van der Waals surface area contributed by atoms with Crippen LogP contribution in [0.3, 0.4) is 0 Å². The fraction of sp³-hybridized carbons (Fsp3) is 0.727. The Hall–Kier alpha value is -1.43. The van der Waals surface area contributed by atoms with Gasteiger partial charge in [-0.2, -0.15) is 0 Å². The van der Waals surface area contributed by atoms with E-state index in [-0.39, 0.29) is 5.91 Å². The largest absolute Gasteiger partial charge is 0.349 e. The number of amides is 1. The van der Waals surface area contributed by atoms with Gasteiger partial charge in [0.1, 0.15) is 11.4 Å². The summed E-state index contributed by atoms with van der Waals surface area (Å²) in [5.74, 6) is 0.0135. The molecule has 1 saturated heterocycles. The number of hydrogen-bond donors (Lipinski definition) is 2. The first-order chi connectivity index (χ1) is 8.12. The first-order valence-corrected chi connectivity index (χ1v) is 5.93. The normalized spacial score (nSPS) is 24.6. The lowest BCUT2D eigenvalue weighted by Crippen LogP contribution is -2.56. The number of hydrogen-bond acceptors (Lipinski definition) is 5. The molecule has 1 aromatic rings. The van der Waals surface area contributed by atoms with Gasteiger partial charge >= 0.3 is 0 Å². The van der Waals surface area contributed by atoms with Gasteiger partial charge in [0.05, 0.1) is 12.1 Å². The second-order valence-corrected chi connectivity index (χ2v) is 4.69. The quantitative estimate of drug-likeness (QED) is 0.802. The van der Waals surface area contributed by atoms with E-state index in [0.29, 0.717) is 17.9 Å². The second kappa shape index (κ2) is 4.83. The van der Waals surface area contributed by atoms with Crippen molar-refractivity contribution in [3.05, 3.63) is 11.4 Å². The maximum Gasteiger partial charge on any atom is 0.240 e. The number of nitrogens with zero attached hydrogens (tertiary/aromatic N) is 2. The zero-order valence-corrected chi connectivity index (χ0v) is 10.2. The first-order valence-electron chi connectivity index (χ1n) is 5.93. The van der Waals surface area contributed by atoms with Crippen LogP contribution in [-0.4, -0.2) is 28.3 Å². The highest BCUT2D eigenvalue weighted by atomic mass is 16.6. The molecule has 1 aliphatic rings. The van der Waals surface area contributed by atoms with E-state index in [0.717, 1.165) is 25.8 Å². The number of carbonyl (C=O) groups excluding carboxylic acids is 1. The molecule has 1 aliphatic heterocycles. The molecule has 6 heteroatoms. The summed E-state index contributed by atoms with van der Waals surface area (Å²) in [5.41, 5.74) is 0.938. The Labute approximate surface area is 100 Å². The topological polar surface area (TPSA) is 80.1 Å². The average Bonchev–Trinajstić information content (AvgIpc) is 2.73. The van der Waals surface area contributed by atoms with E-state index >= 15 is 0 Å². The summed E-state index contributed by atoms with van der Waals surface area (Å²) in [4.78, 5) is 12.1. The third-order valence-electron chi connectivity index (χ3n) is 3.28. The molecule has 0 bridgehead atoms. The van der Waals surface area contributed by atoms with E-state index in [1.165, 1.54) is 0 Å². The molecular formula is C11H18N4O2. The summed E-state index contributed by atoms with van der Waals surface area (Å²) in [5, 5.41) is 13.5. The molecule has 94 valence electrons. The molecule has 17 heavy (non-hydrogen) atoms. The lowest BCUT2D eigenvalue weighted by Gasteiger charge is -2.33. The Morgan fingerprint density at radius 1 is 1.53 bits per heavy atom. The number of nitrogens with one attached hydrogen (secondary N) is 2. The molecule has 0 radical (unpaired) electrons. The molecule has 0 unspecified atom stereocenters. The monoisotopic (exact) mass is 238 g/mol. The minimum Gasteiger partial charge on any atom is -0.349 e. The van der Waals surface area contributed by atoms with Crippen molar-refractivity contribution < 1.29 is 9.42 Å². The van der Waals surface area contributed by atoms with Gasteiger partial charge in [-0.05, 0) is 39.7 Å². The maximum absolute atomic E-state index is 12.1. The van der Waals surface area contributed by atoms with Gasteiger partial charge in [0.15, 0.2) is 0 Å². The minimum absolute atomic E-state index is 0.0135. The molecule has 2 N–H and O–H groups in total. The van der Waals surface area contributed by atoms with Crippen LogP contribution >= 0.6 is 0 Å². The van der Waals surface area contributed by atoms with Crippen LogP contribution in [0.1, 0.15) is 37.6 Å². The van der Waals surface area contributed by atoms with Gasteiger partial charge in [-0.1, -0.05) is 10.3 Å². The molecule has 0 spiro atoms. The summed E-state index contributed by atoms with van der Waals surface area (Å²) >= 11 is 0. The van der Waals surface area contributed by atoms with E-state index in [2.05, 4.69) is 25.6 Å². The van der Waals surface area contributed by atoms with Crippen molar-refractivity contribution in [1.29, 1.82) is 0 Å². The molecule has 2 rings (SSSR count). The Kier molecular flexibility index (Phi) is 3.42. The average molecular weight is 238 g/mol.